The number of nitrogens with zero attached hydrogens (tertiary/aromatic N) is 3. The van der Waals surface area contributed by atoms with Crippen LogP contribution in [0.5, 0.6) is 5.75 Å². The second-order valence-corrected chi connectivity index (χ2v) is 8.62. The molecule has 11 heteroatoms. The third-order valence-electron chi connectivity index (χ3n) is 4.77. The molecule has 2 aromatic carbocycles. The third kappa shape index (κ3) is 4.57. The molecule has 3 rings (SSSR count). The molecule has 0 saturated carbocycles. The number of piperazine rings is 1. The number of nitro benzene ring substituents is 1. The second kappa shape index (κ2) is 8.76. The van der Waals surface area contributed by atoms with Crippen LogP contribution in [0, 0.1) is 22.9 Å². The van der Waals surface area contributed by atoms with Gasteiger partial charge in [-0.1, -0.05) is 12.1 Å². The van der Waals surface area contributed by atoms with Gasteiger partial charge in [-0.05, 0) is 31.2 Å². The van der Waals surface area contributed by atoms with Gasteiger partial charge in [0.05, 0.1) is 4.92 Å². The summed E-state index contributed by atoms with van der Waals surface area (Å²) in [6.45, 7) is 1.67. The highest BCUT2D eigenvalue weighted by Crippen LogP contribution is 2.23. The number of amides is 1. The van der Waals surface area contributed by atoms with Crippen LogP contribution in [-0.4, -0.2) is 61.2 Å². The number of hydrogen-bond donors (Lipinski definition) is 0. The first kappa shape index (κ1) is 21.7. The number of carbonyl (C=O) groups excluding carboxylic acids is 1. The first-order chi connectivity index (χ1) is 14.2. The molecule has 0 unspecified atom stereocenters. The molecule has 0 radical (unpaired) electrons. The number of aryl methyl sites for hydroxylation is 1. The molecule has 160 valence electrons. The summed E-state index contributed by atoms with van der Waals surface area (Å²) >= 11 is 0. The molecular formula is C19H20FN3O6S. The SMILES string of the molecule is Cc1cc(OCC(=O)N2CCN(S(=O)(=O)c3ccccc3F)CC2)ccc1[N+](=O)[O-]. The fourth-order valence-electron chi connectivity index (χ4n) is 3.13. The number of carbonyl (C=O) groups is 1. The number of benzene rings is 2. The van der Waals surface area contributed by atoms with Gasteiger partial charge in [0.1, 0.15) is 16.5 Å². The lowest BCUT2D eigenvalue weighted by atomic mass is 10.2. The molecule has 1 heterocycles. The second-order valence-electron chi connectivity index (χ2n) is 6.71. The molecule has 1 amide bonds. The van der Waals surface area contributed by atoms with E-state index in [1.807, 2.05) is 0 Å². The molecular weight excluding hydrogens is 417 g/mol. The predicted octanol–water partition coefficient (Wildman–Crippen LogP) is 1.95. The summed E-state index contributed by atoms with van der Waals surface area (Å²) in [6, 6.07) is 9.36. The van der Waals surface area contributed by atoms with Crippen molar-refractivity contribution in [1.82, 2.24) is 9.21 Å². The smallest absolute Gasteiger partial charge is 0.272 e. The molecule has 0 atom stereocenters. The van der Waals surface area contributed by atoms with Crippen molar-refractivity contribution in [2.45, 2.75) is 11.8 Å². The standard InChI is InChI=1S/C19H20FN3O6S/c1-14-12-15(6-7-17(14)23(25)26)29-13-19(24)21-8-10-22(11-9-21)30(27,28)18-5-3-2-4-16(18)20/h2-7,12H,8-11,13H2,1H3. The highest BCUT2D eigenvalue weighted by Gasteiger charge is 2.31. The van der Waals surface area contributed by atoms with Gasteiger partial charge in [-0.2, -0.15) is 4.31 Å². The van der Waals surface area contributed by atoms with Gasteiger partial charge in [0.15, 0.2) is 6.61 Å². The number of sulfonamides is 1. The van der Waals surface area contributed by atoms with Gasteiger partial charge >= 0.3 is 0 Å². The van der Waals surface area contributed by atoms with Crippen LogP contribution in [0.1, 0.15) is 5.56 Å². The van der Waals surface area contributed by atoms with Gasteiger partial charge in [-0.25, -0.2) is 12.8 Å². The van der Waals surface area contributed by atoms with E-state index < -0.39 is 20.8 Å². The summed E-state index contributed by atoms with van der Waals surface area (Å²) in [4.78, 5) is 23.8. The van der Waals surface area contributed by atoms with Crippen LogP contribution in [-0.2, 0) is 14.8 Å². The zero-order valence-electron chi connectivity index (χ0n) is 16.2. The van der Waals surface area contributed by atoms with Crippen LogP contribution in [0.2, 0.25) is 0 Å². The van der Waals surface area contributed by atoms with Crippen molar-refractivity contribution < 1.29 is 27.3 Å². The summed E-state index contributed by atoms with van der Waals surface area (Å²) in [5.41, 5.74) is 0.373. The third-order valence-corrected chi connectivity index (χ3v) is 6.70. The molecule has 9 nitrogen and oxygen atoms in total. The average Bonchev–Trinajstić information content (AvgIpc) is 2.72. The summed E-state index contributed by atoms with van der Waals surface area (Å²) in [6.07, 6.45) is 0. The van der Waals surface area contributed by atoms with Crippen molar-refractivity contribution in [3.63, 3.8) is 0 Å². The van der Waals surface area contributed by atoms with Crippen LogP contribution in [0.15, 0.2) is 47.4 Å². The first-order valence-electron chi connectivity index (χ1n) is 9.10. The Balaban J connectivity index is 1.56. The quantitative estimate of drug-likeness (QED) is 0.505. The monoisotopic (exact) mass is 437 g/mol. The molecule has 1 aliphatic rings. The minimum atomic E-state index is -3.98. The van der Waals surface area contributed by atoms with Crippen molar-refractivity contribution in [2.24, 2.45) is 0 Å². The highest BCUT2D eigenvalue weighted by molar-refractivity contribution is 7.89. The zero-order chi connectivity index (χ0) is 21.9. The number of rotatable bonds is 6. The van der Waals surface area contributed by atoms with E-state index in [0.717, 1.165) is 10.4 Å². The lowest BCUT2D eigenvalue weighted by molar-refractivity contribution is -0.385. The number of ether oxygens (including phenoxy) is 1. The maximum absolute atomic E-state index is 13.9. The lowest BCUT2D eigenvalue weighted by Crippen LogP contribution is -2.51. The van der Waals surface area contributed by atoms with Crippen molar-refractivity contribution in [2.75, 3.05) is 32.8 Å². The van der Waals surface area contributed by atoms with E-state index in [4.69, 9.17) is 4.74 Å². The van der Waals surface area contributed by atoms with Gasteiger partial charge in [-0.15, -0.1) is 0 Å². The van der Waals surface area contributed by atoms with E-state index in [1.54, 1.807) is 6.92 Å². The predicted molar refractivity (Wildman–Crippen MR) is 105 cm³/mol. The first-order valence-corrected chi connectivity index (χ1v) is 10.5. The lowest BCUT2D eigenvalue weighted by Gasteiger charge is -2.34. The summed E-state index contributed by atoms with van der Waals surface area (Å²) in [5.74, 6) is -0.830. The minimum absolute atomic E-state index is 0.0407. The number of nitro groups is 1. The summed E-state index contributed by atoms with van der Waals surface area (Å²) < 4.78 is 45.7. The topological polar surface area (TPSA) is 110 Å². The maximum Gasteiger partial charge on any atom is 0.272 e. The van der Waals surface area contributed by atoms with Crippen molar-refractivity contribution in [3.05, 3.63) is 64.0 Å². The molecule has 30 heavy (non-hydrogen) atoms. The number of halogens is 1. The van der Waals surface area contributed by atoms with Crippen molar-refractivity contribution >= 4 is 21.6 Å². The molecule has 1 saturated heterocycles. The highest BCUT2D eigenvalue weighted by atomic mass is 32.2. The Labute approximate surface area is 172 Å². The van der Waals surface area contributed by atoms with Gasteiger partial charge in [-0.3, -0.25) is 14.9 Å². The molecule has 1 fully saturated rings. The average molecular weight is 437 g/mol. The molecule has 1 aliphatic heterocycles. The van der Waals surface area contributed by atoms with E-state index >= 15 is 0 Å². The van der Waals surface area contributed by atoms with Crippen LogP contribution in [0.25, 0.3) is 0 Å². The van der Waals surface area contributed by atoms with E-state index in [1.165, 1.54) is 41.3 Å². The molecule has 0 aromatic heterocycles. The minimum Gasteiger partial charge on any atom is -0.484 e. The Bertz CT molecular complexity index is 1070. The Morgan fingerprint density at radius 3 is 2.43 bits per heavy atom. The molecule has 2 aromatic rings. The Morgan fingerprint density at radius 2 is 1.83 bits per heavy atom. The van der Waals surface area contributed by atoms with Crippen molar-refractivity contribution in [3.8, 4) is 5.75 Å². The normalized spacial score (nSPS) is 15.1. The van der Waals surface area contributed by atoms with Gasteiger partial charge in [0.25, 0.3) is 11.6 Å². The Hall–Kier alpha value is -3.05. The van der Waals surface area contributed by atoms with Crippen LogP contribution >= 0.6 is 0 Å². The molecule has 0 N–H and O–H groups in total. The Morgan fingerprint density at radius 1 is 1.17 bits per heavy atom. The fraction of sp³-hybridized carbons (Fsp3) is 0.316. The molecule has 0 bridgehead atoms. The molecule has 0 spiro atoms. The van der Waals surface area contributed by atoms with E-state index in [-0.39, 0.29) is 49.3 Å². The van der Waals surface area contributed by atoms with Gasteiger partial charge in [0, 0.05) is 37.8 Å². The van der Waals surface area contributed by atoms with Gasteiger partial charge < -0.3 is 9.64 Å². The van der Waals surface area contributed by atoms with Crippen LogP contribution < -0.4 is 4.74 Å². The fourth-order valence-corrected chi connectivity index (χ4v) is 4.62. The summed E-state index contributed by atoms with van der Waals surface area (Å²) in [5, 5.41) is 10.8. The number of hydrogen-bond acceptors (Lipinski definition) is 6. The van der Waals surface area contributed by atoms with E-state index in [2.05, 4.69) is 0 Å². The zero-order valence-corrected chi connectivity index (χ0v) is 17.0. The van der Waals surface area contributed by atoms with Gasteiger partial charge in [0.2, 0.25) is 10.0 Å². The van der Waals surface area contributed by atoms with E-state index in [9.17, 15) is 27.7 Å². The van der Waals surface area contributed by atoms with Crippen LogP contribution in [0.3, 0.4) is 0 Å². The largest absolute Gasteiger partial charge is 0.484 e. The summed E-state index contributed by atoms with van der Waals surface area (Å²) in [7, 11) is -3.98. The maximum atomic E-state index is 13.9. The van der Waals surface area contributed by atoms with Crippen LogP contribution in [0.4, 0.5) is 10.1 Å². The molecule has 0 aliphatic carbocycles. The Kier molecular flexibility index (Phi) is 6.32. The van der Waals surface area contributed by atoms with E-state index in [0.29, 0.717) is 11.3 Å². The van der Waals surface area contributed by atoms with Crippen molar-refractivity contribution in [1.29, 1.82) is 0 Å².